The lowest BCUT2D eigenvalue weighted by atomic mass is 9.99. The van der Waals surface area contributed by atoms with Crippen molar-refractivity contribution < 1.29 is 19.5 Å². The second-order valence-corrected chi connectivity index (χ2v) is 12.6. The molecule has 242 valence electrons. The number of hydrogen-bond acceptors (Lipinski definition) is 8. The summed E-state index contributed by atoms with van der Waals surface area (Å²) in [5, 5.41) is 28.4. The zero-order chi connectivity index (χ0) is 33.7. The lowest BCUT2D eigenvalue weighted by Gasteiger charge is -2.13. The molecule has 0 aliphatic carbocycles. The Morgan fingerprint density at radius 1 is 1.06 bits per heavy atom. The molecular formula is C34H34ClN7O4S. The van der Waals surface area contributed by atoms with Crippen LogP contribution >= 0.6 is 22.9 Å². The molecule has 2 amide bonds. The number of carbonyl (C=O) groups is 3. The van der Waals surface area contributed by atoms with Crippen LogP contribution in [0.4, 0.5) is 5.69 Å². The molecule has 11 nitrogen and oxygen atoms in total. The highest BCUT2D eigenvalue weighted by molar-refractivity contribution is 7.15. The maximum atomic E-state index is 13.2. The Balaban J connectivity index is 1.25. The minimum atomic E-state index is -1.10. The lowest BCUT2D eigenvalue weighted by molar-refractivity contribution is -0.122. The molecule has 0 saturated heterocycles. The normalized spacial score (nSPS) is 13.4. The van der Waals surface area contributed by atoms with Crippen molar-refractivity contribution in [3.8, 4) is 16.8 Å². The van der Waals surface area contributed by atoms with Crippen LogP contribution in [0.5, 0.6) is 0 Å². The highest BCUT2D eigenvalue weighted by atomic mass is 35.5. The Hall–Kier alpha value is -4.83. The van der Waals surface area contributed by atoms with Gasteiger partial charge in [0.05, 0.1) is 24.2 Å². The molecule has 2 aromatic heterocycles. The van der Waals surface area contributed by atoms with Gasteiger partial charge in [-0.1, -0.05) is 35.6 Å². The molecule has 0 fully saturated rings. The number of aryl methyl sites for hydroxylation is 2. The fraction of sp³-hybridized carbons (Fsp3) is 0.294. The summed E-state index contributed by atoms with van der Waals surface area (Å²) >= 11 is 7.84. The molecule has 0 saturated carbocycles. The molecule has 4 N–H and O–H groups in total. The van der Waals surface area contributed by atoms with Gasteiger partial charge in [0.15, 0.2) is 5.82 Å². The van der Waals surface area contributed by atoms with Crippen LogP contribution in [0.15, 0.2) is 47.5 Å². The van der Waals surface area contributed by atoms with E-state index in [4.69, 9.17) is 16.6 Å². The number of nitrogens with zero attached hydrogens (tertiary/aromatic N) is 4. The van der Waals surface area contributed by atoms with Crippen LogP contribution in [0.1, 0.15) is 74.4 Å². The zero-order valence-electron chi connectivity index (χ0n) is 26.4. The van der Waals surface area contributed by atoms with Crippen LogP contribution in [-0.2, 0) is 9.59 Å². The van der Waals surface area contributed by atoms with E-state index >= 15 is 0 Å². The van der Waals surface area contributed by atoms with E-state index in [1.165, 1.54) is 12.1 Å². The predicted octanol–water partition coefficient (Wildman–Crippen LogP) is 4.99. The molecule has 1 aliphatic rings. The lowest BCUT2D eigenvalue weighted by Crippen LogP contribution is -2.27. The quantitative estimate of drug-likeness (QED) is 0.137. The van der Waals surface area contributed by atoms with Gasteiger partial charge in [-0.15, -0.1) is 21.5 Å². The van der Waals surface area contributed by atoms with Gasteiger partial charge in [0, 0.05) is 45.2 Å². The minimum absolute atomic E-state index is 0.0433. The highest BCUT2D eigenvalue weighted by Gasteiger charge is 2.32. The van der Waals surface area contributed by atoms with Gasteiger partial charge >= 0.3 is 5.97 Å². The summed E-state index contributed by atoms with van der Waals surface area (Å²) in [4.78, 5) is 43.7. The number of nitrogens with one attached hydrogen (secondary N) is 3. The highest BCUT2D eigenvalue weighted by Crippen LogP contribution is 2.39. The molecule has 47 heavy (non-hydrogen) atoms. The summed E-state index contributed by atoms with van der Waals surface area (Å²) in [5.74, 6) is 5.38. The number of fused-ring (bicyclic) bond motifs is 3. The number of anilines is 1. The van der Waals surface area contributed by atoms with Gasteiger partial charge in [-0.25, -0.2) is 4.79 Å². The van der Waals surface area contributed by atoms with Crippen molar-refractivity contribution in [3.05, 3.63) is 91.8 Å². The second-order valence-electron chi connectivity index (χ2n) is 11.0. The summed E-state index contributed by atoms with van der Waals surface area (Å²) in [6.45, 7) is 6.71. The number of carboxylic acid groups (broad SMARTS) is 1. The largest absolute Gasteiger partial charge is 0.478 e. The zero-order valence-corrected chi connectivity index (χ0v) is 28.0. The number of thiophene rings is 1. The first-order valence-electron chi connectivity index (χ1n) is 15.0. The third-order valence-corrected chi connectivity index (χ3v) is 9.11. The fourth-order valence-electron chi connectivity index (χ4n) is 5.22. The SMILES string of the molecule is CNCC#Cc1cc(NC(=O)CCCNC(=O)C[C@@H]2N=C(c3ccc(Cl)cc3)c3c(sc(C)c3C)-n3c(C)nnc32)ccc1C(=O)O. The maximum absolute atomic E-state index is 13.2. The number of rotatable bonds is 10. The molecule has 5 rings (SSSR count). The molecule has 1 aliphatic heterocycles. The van der Waals surface area contributed by atoms with Crippen molar-refractivity contribution in [2.24, 2.45) is 4.99 Å². The molecule has 1 atom stereocenters. The molecule has 13 heteroatoms. The van der Waals surface area contributed by atoms with E-state index in [9.17, 15) is 19.5 Å². The van der Waals surface area contributed by atoms with Crippen LogP contribution in [0.2, 0.25) is 5.02 Å². The monoisotopic (exact) mass is 671 g/mol. The molecule has 2 aromatic carbocycles. The molecule has 0 spiro atoms. The summed E-state index contributed by atoms with van der Waals surface area (Å²) < 4.78 is 2.00. The molecule has 0 unspecified atom stereocenters. The standard InChI is InChI=1S/C34H34ClN7O4S/c1-19-20(2)47-33-30(19)31(22-9-11-24(35)12-10-22)39-27(32-41-40-21(3)42(32)33)18-29(44)37-16-6-8-28(43)38-25-13-14-26(34(45)46)23(17-25)7-5-15-36-4/h9-14,17,27,36H,6,8,15-16,18H2,1-4H3,(H,37,44)(H,38,43)(H,45,46)/t27-/m0/s1. The number of amides is 2. The summed E-state index contributed by atoms with van der Waals surface area (Å²) in [6.07, 6.45) is 0.590. The number of aliphatic imine (C=N–C) groups is 1. The Kier molecular flexibility index (Phi) is 10.5. The maximum Gasteiger partial charge on any atom is 0.336 e. The Morgan fingerprint density at radius 3 is 2.55 bits per heavy atom. The van der Waals surface area contributed by atoms with E-state index in [1.807, 2.05) is 35.8 Å². The average Bonchev–Trinajstić information content (AvgIpc) is 3.51. The van der Waals surface area contributed by atoms with Gasteiger partial charge in [-0.05, 0) is 70.1 Å². The number of aromatic carboxylic acids is 1. The third-order valence-electron chi connectivity index (χ3n) is 7.66. The number of aromatic nitrogens is 3. The first-order valence-corrected chi connectivity index (χ1v) is 16.2. The fourth-order valence-corrected chi connectivity index (χ4v) is 6.56. The molecule has 3 heterocycles. The van der Waals surface area contributed by atoms with E-state index < -0.39 is 12.0 Å². The van der Waals surface area contributed by atoms with Crippen LogP contribution < -0.4 is 16.0 Å². The number of carboxylic acids is 1. The molecule has 0 bridgehead atoms. The van der Waals surface area contributed by atoms with E-state index in [0.717, 1.165) is 32.3 Å². The topological polar surface area (TPSA) is 151 Å². The van der Waals surface area contributed by atoms with Gasteiger partial charge in [0.2, 0.25) is 11.8 Å². The molecular weight excluding hydrogens is 638 g/mol. The average molecular weight is 672 g/mol. The third kappa shape index (κ3) is 7.60. The Morgan fingerprint density at radius 2 is 1.83 bits per heavy atom. The van der Waals surface area contributed by atoms with Gasteiger partial charge in [-0.2, -0.15) is 0 Å². The van der Waals surface area contributed by atoms with Gasteiger partial charge in [0.1, 0.15) is 16.9 Å². The van der Waals surface area contributed by atoms with Crippen LogP contribution in [-0.4, -0.2) is 63.5 Å². The first kappa shape index (κ1) is 33.5. The first-order chi connectivity index (χ1) is 22.6. The minimum Gasteiger partial charge on any atom is -0.478 e. The predicted molar refractivity (Wildman–Crippen MR) is 183 cm³/mol. The van der Waals surface area contributed by atoms with Crippen LogP contribution in [0.3, 0.4) is 0 Å². The van der Waals surface area contributed by atoms with E-state index in [0.29, 0.717) is 40.9 Å². The van der Waals surface area contributed by atoms with Crippen molar-refractivity contribution in [2.75, 3.05) is 25.5 Å². The van der Waals surface area contributed by atoms with E-state index in [2.05, 4.69) is 51.8 Å². The summed E-state index contributed by atoms with van der Waals surface area (Å²) in [6, 6.07) is 11.4. The van der Waals surface area contributed by atoms with Crippen molar-refractivity contribution >= 4 is 52.1 Å². The van der Waals surface area contributed by atoms with Crippen molar-refractivity contribution in [1.29, 1.82) is 0 Å². The van der Waals surface area contributed by atoms with E-state index in [-0.39, 0.29) is 36.8 Å². The van der Waals surface area contributed by atoms with Crippen LogP contribution in [0, 0.1) is 32.6 Å². The summed E-state index contributed by atoms with van der Waals surface area (Å²) in [7, 11) is 1.74. The van der Waals surface area contributed by atoms with Gasteiger partial charge < -0.3 is 21.1 Å². The van der Waals surface area contributed by atoms with Crippen molar-refractivity contribution in [1.82, 2.24) is 25.4 Å². The smallest absolute Gasteiger partial charge is 0.336 e. The van der Waals surface area contributed by atoms with E-state index in [1.54, 1.807) is 24.5 Å². The summed E-state index contributed by atoms with van der Waals surface area (Å²) in [5.41, 5.74) is 4.56. The van der Waals surface area contributed by atoms with Gasteiger partial charge in [-0.3, -0.25) is 19.1 Å². The number of benzene rings is 2. The van der Waals surface area contributed by atoms with Gasteiger partial charge in [0.25, 0.3) is 0 Å². The molecule has 4 aromatic rings. The Bertz CT molecular complexity index is 1940. The van der Waals surface area contributed by atoms with Crippen LogP contribution in [0.25, 0.3) is 5.00 Å². The second kappa shape index (κ2) is 14.7. The number of carbonyl (C=O) groups excluding carboxylic acids is 2. The number of halogens is 1. The number of hydrogen-bond donors (Lipinski definition) is 4. The van der Waals surface area contributed by atoms with Crippen molar-refractivity contribution in [3.63, 3.8) is 0 Å². The molecule has 0 radical (unpaired) electrons. The van der Waals surface area contributed by atoms with Crippen molar-refractivity contribution in [2.45, 2.75) is 46.1 Å². The Labute approximate surface area is 281 Å².